The van der Waals surface area contributed by atoms with E-state index in [1.54, 1.807) is 0 Å². The van der Waals surface area contributed by atoms with Crippen LogP contribution in [-0.4, -0.2) is 4.57 Å². The second kappa shape index (κ2) is 12.2. The van der Waals surface area contributed by atoms with Crippen molar-refractivity contribution in [3.05, 3.63) is 86.8 Å². The molecule has 0 aliphatic heterocycles. The van der Waals surface area contributed by atoms with Crippen molar-refractivity contribution in [3.63, 3.8) is 0 Å². The summed E-state index contributed by atoms with van der Waals surface area (Å²) >= 11 is 7.55. The summed E-state index contributed by atoms with van der Waals surface area (Å²) in [4.78, 5) is 0. The van der Waals surface area contributed by atoms with Crippen molar-refractivity contribution in [1.29, 1.82) is 0 Å². The summed E-state index contributed by atoms with van der Waals surface area (Å²) < 4.78 is 4.76. The highest BCUT2D eigenvalue weighted by molar-refractivity contribution is 9.11. The predicted molar refractivity (Wildman–Crippen MR) is 169 cm³/mol. The lowest BCUT2D eigenvalue weighted by atomic mass is 9.99. The van der Waals surface area contributed by atoms with Gasteiger partial charge in [0, 0.05) is 25.4 Å². The third-order valence-electron chi connectivity index (χ3n) is 7.63. The van der Waals surface area contributed by atoms with Crippen molar-refractivity contribution in [3.8, 4) is 5.69 Å². The average Bonchev–Trinajstić information content (AvgIpc) is 3.23. The highest BCUT2D eigenvalue weighted by atomic mass is 79.9. The van der Waals surface area contributed by atoms with Gasteiger partial charge in [0.25, 0.3) is 0 Å². The van der Waals surface area contributed by atoms with Gasteiger partial charge in [0.05, 0.1) is 11.0 Å². The predicted octanol–water partition coefficient (Wildman–Crippen LogP) is 11.7. The van der Waals surface area contributed by atoms with Crippen molar-refractivity contribution >= 4 is 64.4 Å². The van der Waals surface area contributed by atoms with Gasteiger partial charge in [-0.3, -0.25) is 0 Å². The Kier molecular flexibility index (Phi) is 8.72. The molecule has 0 bridgehead atoms. The molecular weight excluding hydrogens is 582 g/mol. The smallest absolute Gasteiger partial charge is 0.0552 e. The van der Waals surface area contributed by atoms with Crippen molar-refractivity contribution in [2.75, 3.05) is 0 Å². The molecule has 0 saturated heterocycles. The molecule has 192 valence electrons. The van der Waals surface area contributed by atoms with Crippen molar-refractivity contribution < 1.29 is 0 Å². The molecule has 0 spiro atoms. The molecule has 4 aromatic carbocycles. The first kappa shape index (κ1) is 26.5. The maximum Gasteiger partial charge on any atom is 0.0552 e. The van der Waals surface area contributed by atoms with E-state index in [9.17, 15) is 0 Å². The van der Waals surface area contributed by atoms with E-state index in [0.29, 0.717) is 0 Å². The van der Waals surface area contributed by atoms with Gasteiger partial charge in [-0.15, -0.1) is 0 Å². The van der Waals surface area contributed by atoms with E-state index in [-0.39, 0.29) is 0 Å². The van der Waals surface area contributed by atoms with Crippen LogP contribution in [-0.2, 0) is 12.8 Å². The molecular formula is C34H37Br2N. The van der Waals surface area contributed by atoms with Gasteiger partial charge in [-0.2, -0.15) is 0 Å². The Bertz CT molecular complexity index is 1500. The Morgan fingerprint density at radius 2 is 1.27 bits per heavy atom. The Morgan fingerprint density at radius 1 is 0.595 bits per heavy atom. The maximum absolute atomic E-state index is 3.78. The van der Waals surface area contributed by atoms with Crippen LogP contribution in [0.1, 0.15) is 76.3 Å². The number of rotatable bonds is 11. The molecule has 1 aromatic heterocycles. The number of fused-ring (bicyclic) bond motifs is 5. The first-order chi connectivity index (χ1) is 18.1. The van der Waals surface area contributed by atoms with Gasteiger partial charge in [0.15, 0.2) is 0 Å². The Morgan fingerprint density at radius 3 is 1.95 bits per heavy atom. The summed E-state index contributed by atoms with van der Waals surface area (Å²) in [6.07, 6.45) is 12.7. The molecule has 0 atom stereocenters. The SMILES string of the molecule is CCCCCCc1cc(CCCCCC)cc(-n2c3cc(Br)ccc3c3c4cccc(Br)c4ccc32)c1. The van der Waals surface area contributed by atoms with Gasteiger partial charge < -0.3 is 4.57 Å². The summed E-state index contributed by atoms with van der Waals surface area (Å²) in [5.41, 5.74) is 6.79. The van der Waals surface area contributed by atoms with Crippen LogP contribution in [0.5, 0.6) is 0 Å². The third-order valence-corrected chi connectivity index (χ3v) is 8.82. The topological polar surface area (TPSA) is 4.93 Å². The molecule has 0 aliphatic rings. The van der Waals surface area contributed by atoms with E-state index < -0.39 is 0 Å². The van der Waals surface area contributed by atoms with E-state index in [0.717, 1.165) is 21.8 Å². The van der Waals surface area contributed by atoms with Gasteiger partial charge in [-0.05, 0) is 84.0 Å². The summed E-state index contributed by atoms with van der Waals surface area (Å²) in [6.45, 7) is 4.58. The number of aromatic nitrogens is 1. The first-order valence-corrected chi connectivity index (χ1v) is 15.6. The van der Waals surface area contributed by atoms with Crippen molar-refractivity contribution in [2.24, 2.45) is 0 Å². The zero-order chi connectivity index (χ0) is 25.8. The number of aryl methyl sites for hydroxylation is 2. The average molecular weight is 619 g/mol. The molecule has 37 heavy (non-hydrogen) atoms. The Hall–Kier alpha value is -2.10. The van der Waals surface area contributed by atoms with Crippen LogP contribution < -0.4 is 0 Å². The monoisotopic (exact) mass is 617 g/mol. The standard InChI is InChI=1S/C34H37Br2N/c1-3-5-7-9-12-24-20-25(13-10-8-6-4-2)22-27(21-24)37-32-19-18-28-29(14-11-15-31(28)36)34(32)30-17-16-26(35)23-33(30)37/h11,14-23H,3-10,12-13H2,1-2H3. The zero-order valence-electron chi connectivity index (χ0n) is 22.1. The summed E-state index contributed by atoms with van der Waals surface area (Å²) in [7, 11) is 0. The summed E-state index contributed by atoms with van der Waals surface area (Å²) in [5, 5.41) is 5.20. The van der Waals surface area contributed by atoms with Gasteiger partial charge in [0.2, 0.25) is 0 Å². The number of unbranched alkanes of at least 4 members (excludes halogenated alkanes) is 6. The largest absolute Gasteiger partial charge is 0.309 e. The minimum absolute atomic E-state index is 1.12. The fraction of sp³-hybridized carbons (Fsp3) is 0.353. The lowest BCUT2D eigenvalue weighted by Crippen LogP contribution is -1.99. The maximum atomic E-state index is 3.78. The van der Waals surface area contributed by atoms with Crippen LogP contribution in [0.2, 0.25) is 0 Å². The van der Waals surface area contributed by atoms with Crippen LogP contribution in [0.15, 0.2) is 75.7 Å². The van der Waals surface area contributed by atoms with Gasteiger partial charge >= 0.3 is 0 Å². The van der Waals surface area contributed by atoms with E-state index >= 15 is 0 Å². The van der Waals surface area contributed by atoms with E-state index in [2.05, 4.69) is 117 Å². The van der Waals surface area contributed by atoms with Gasteiger partial charge in [-0.1, -0.05) is 115 Å². The molecule has 0 unspecified atom stereocenters. The molecule has 5 rings (SSSR count). The lowest BCUT2D eigenvalue weighted by Gasteiger charge is -2.14. The molecule has 5 aromatic rings. The molecule has 0 fully saturated rings. The van der Waals surface area contributed by atoms with E-state index in [4.69, 9.17) is 0 Å². The molecule has 0 aliphatic carbocycles. The minimum atomic E-state index is 1.12. The molecule has 0 amide bonds. The quantitative estimate of drug-likeness (QED) is 0.130. The highest BCUT2D eigenvalue weighted by Gasteiger charge is 2.17. The fourth-order valence-corrected chi connectivity index (χ4v) is 6.61. The summed E-state index contributed by atoms with van der Waals surface area (Å²) in [5.74, 6) is 0. The van der Waals surface area contributed by atoms with Crippen LogP contribution in [0, 0.1) is 0 Å². The Balaban J connectivity index is 1.69. The minimum Gasteiger partial charge on any atom is -0.309 e. The third kappa shape index (κ3) is 5.68. The molecule has 0 saturated carbocycles. The van der Waals surface area contributed by atoms with Crippen LogP contribution in [0.25, 0.3) is 38.3 Å². The first-order valence-electron chi connectivity index (χ1n) is 14.0. The molecule has 0 radical (unpaired) electrons. The zero-order valence-corrected chi connectivity index (χ0v) is 25.3. The number of hydrogen-bond acceptors (Lipinski definition) is 0. The highest BCUT2D eigenvalue weighted by Crippen LogP contribution is 2.39. The molecule has 1 nitrogen and oxygen atoms in total. The summed E-state index contributed by atoms with van der Waals surface area (Å²) in [6, 6.07) is 25.3. The second-order valence-electron chi connectivity index (χ2n) is 10.4. The number of hydrogen-bond donors (Lipinski definition) is 0. The number of halogens is 2. The van der Waals surface area contributed by atoms with Crippen molar-refractivity contribution in [2.45, 2.75) is 78.1 Å². The molecule has 0 N–H and O–H groups in total. The van der Waals surface area contributed by atoms with E-state index in [1.165, 1.54) is 101 Å². The molecule has 3 heteroatoms. The number of nitrogens with zero attached hydrogens (tertiary/aromatic N) is 1. The lowest BCUT2D eigenvalue weighted by molar-refractivity contribution is 0.661. The van der Waals surface area contributed by atoms with Gasteiger partial charge in [0.1, 0.15) is 0 Å². The van der Waals surface area contributed by atoms with E-state index in [1.807, 2.05) is 0 Å². The number of benzene rings is 4. The van der Waals surface area contributed by atoms with Crippen molar-refractivity contribution in [1.82, 2.24) is 4.57 Å². The normalized spacial score (nSPS) is 11.8. The van der Waals surface area contributed by atoms with Gasteiger partial charge in [-0.25, -0.2) is 0 Å². The molecule has 1 heterocycles. The van der Waals surface area contributed by atoms with Crippen LogP contribution in [0.4, 0.5) is 0 Å². The second-order valence-corrected chi connectivity index (χ2v) is 12.2. The van der Waals surface area contributed by atoms with Crippen LogP contribution >= 0.6 is 31.9 Å². The van der Waals surface area contributed by atoms with Crippen LogP contribution in [0.3, 0.4) is 0 Å². The fourth-order valence-electron chi connectivity index (χ4n) is 5.76. The Labute approximate surface area is 238 Å².